The van der Waals surface area contributed by atoms with Crippen LogP contribution in [0.2, 0.25) is 0 Å². The molecule has 1 atom stereocenters. The largest absolute Gasteiger partial charge is 0.395 e. The molecule has 0 amide bonds. The lowest BCUT2D eigenvalue weighted by molar-refractivity contribution is 0.213. The maximum Gasteiger partial charge on any atom is 0.0558 e. The predicted molar refractivity (Wildman–Crippen MR) is 46.5 cm³/mol. The van der Waals surface area contributed by atoms with Gasteiger partial charge in [0.1, 0.15) is 0 Å². The first-order valence-electron chi connectivity index (χ1n) is 4.57. The summed E-state index contributed by atoms with van der Waals surface area (Å²) >= 11 is 0. The highest BCUT2D eigenvalue weighted by molar-refractivity contribution is 4.76. The number of aliphatic hydroxyl groups excluding tert-OH is 1. The van der Waals surface area contributed by atoms with Gasteiger partial charge in [-0.05, 0) is 24.8 Å². The Morgan fingerprint density at radius 1 is 1.55 bits per heavy atom. The molecule has 0 saturated carbocycles. The van der Waals surface area contributed by atoms with E-state index in [1.807, 2.05) is 0 Å². The van der Waals surface area contributed by atoms with Crippen LogP contribution in [0, 0.1) is 11.8 Å². The van der Waals surface area contributed by atoms with Crippen molar-refractivity contribution in [3.8, 4) is 0 Å². The lowest BCUT2D eigenvalue weighted by Gasteiger charge is -2.16. The summed E-state index contributed by atoms with van der Waals surface area (Å²) in [6.07, 6.45) is 1.32. The van der Waals surface area contributed by atoms with Crippen molar-refractivity contribution in [1.82, 2.24) is 4.90 Å². The summed E-state index contributed by atoms with van der Waals surface area (Å²) in [5.74, 6) is 1.67. The zero-order valence-electron chi connectivity index (χ0n) is 7.58. The fourth-order valence-electron chi connectivity index (χ4n) is 1.75. The van der Waals surface area contributed by atoms with Gasteiger partial charge in [-0.25, -0.2) is 0 Å². The van der Waals surface area contributed by atoms with E-state index in [-0.39, 0.29) is 0 Å². The summed E-state index contributed by atoms with van der Waals surface area (Å²) in [6.45, 7) is 8.12. The normalized spacial score (nSPS) is 26.7. The van der Waals surface area contributed by atoms with Crippen LogP contribution < -0.4 is 0 Å². The molecule has 1 fully saturated rings. The molecule has 2 nitrogen and oxygen atoms in total. The number of rotatable bonds is 3. The molecule has 0 aliphatic carbocycles. The van der Waals surface area contributed by atoms with E-state index in [1.165, 1.54) is 19.5 Å². The number of β-amino-alcohol motifs (C(OH)–C–C–N with tert-alkyl or cyclic N) is 1. The minimum Gasteiger partial charge on any atom is -0.395 e. The van der Waals surface area contributed by atoms with Crippen molar-refractivity contribution in [3.63, 3.8) is 0 Å². The summed E-state index contributed by atoms with van der Waals surface area (Å²) in [5, 5.41) is 8.71. The third kappa shape index (κ3) is 2.46. The second-order valence-electron chi connectivity index (χ2n) is 3.82. The highest BCUT2D eigenvalue weighted by atomic mass is 16.3. The van der Waals surface area contributed by atoms with E-state index >= 15 is 0 Å². The first-order valence-corrected chi connectivity index (χ1v) is 4.57. The Hall–Kier alpha value is -0.0800. The van der Waals surface area contributed by atoms with Gasteiger partial charge in [-0.1, -0.05) is 13.8 Å². The molecule has 66 valence electrons. The molecular weight excluding hydrogens is 138 g/mol. The Morgan fingerprint density at radius 2 is 2.27 bits per heavy atom. The van der Waals surface area contributed by atoms with Gasteiger partial charge in [-0.2, -0.15) is 0 Å². The zero-order chi connectivity index (χ0) is 8.27. The molecule has 1 rings (SSSR count). The summed E-state index contributed by atoms with van der Waals surface area (Å²) < 4.78 is 0. The summed E-state index contributed by atoms with van der Waals surface area (Å²) in [6, 6.07) is 0. The van der Waals surface area contributed by atoms with Gasteiger partial charge in [0.05, 0.1) is 6.61 Å². The van der Waals surface area contributed by atoms with Crippen molar-refractivity contribution in [1.29, 1.82) is 0 Å². The van der Waals surface area contributed by atoms with E-state index in [4.69, 9.17) is 5.11 Å². The lowest BCUT2D eigenvalue weighted by Crippen LogP contribution is -2.25. The number of nitrogens with zero attached hydrogens (tertiary/aromatic N) is 1. The van der Waals surface area contributed by atoms with E-state index in [1.54, 1.807) is 0 Å². The quantitative estimate of drug-likeness (QED) is 0.659. The first-order chi connectivity index (χ1) is 5.24. The molecule has 0 aromatic heterocycles. The average Bonchev–Trinajstić information content (AvgIpc) is 2.37. The maximum atomic E-state index is 8.71. The highest BCUT2D eigenvalue weighted by Gasteiger charge is 2.23. The molecule has 0 bridgehead atoms. The molecule has 1 aliphatic rings. The van der Waals surface area contributed by atoms with Gasteiger partial charge in [0.25, 0.3) is 0 Å². The molecule has 11 heavy (non-hydrogen) atoms. The number of hydrogen-bond donors (Lipinski definition) is 1. The Bertz CT molecular complexity index is 114. The van der Waals surface area contributed by atoms with Gasteiger partial charge >= 0.3 is 0 Å². The average molecular weight is 157 g/mol. The maximum absolute atomic E-state index is 8.71. The minimum absolute atomic E-state index is 0.310. The van der Waals surface area contributed by atoms with Crippen LogP contribution in [-0.2, 0) is 0 Å². The van der Waals surface area contributed by atoms with E-state index in [9.17, 15) is 0 Å². The Balaban J connectivity index is 2.23. The fourth-order valence-corrected chi connectivity index (χ4v) is 1.75. The lowest BCUT2D eigenvalue weighted by atomic mass is 9.95. The Morgan fingerprint density at radius 3 is 2.73 bits per heavy atom. The van der Waals surface area contributed by atoms with Crippen LogP contribution in [0.1, 0.15) is 20.3 Å². The van der Waals surface area contributed by atoms with Gasteiger partial charge in [0, 0.05) is 13.1 Å². The van der Waals surface area contributed by atoms with Crippen LogP contribution in [0.4, 0.5) is 0 Å². The van der Waals surface area contributed by atoms with Crippen LogP contribution in [-0.4, -0.2) is 36.2 Å². The molecule has 0 radical (unpaired) electrons. The van der Waals surface area contributed by atoms with Crippen LogP contribution >= 0.6 is 0 Å². The number of hydrogen-bond acceptors (Lipinski definition) is 2. The predicted octanol–water partition coefficient (Wildman–Crippen LogP) is 0.957. The molecule has 0 aromatic carbocycles. The van der Waals surface area contributed by atoms with Crippen molar-refractivity contribution in [2.75, 3.05) is 26.2 Å². The third-order valence-corrected chi connectivity index (χ3v) is 2.67. The molecule has 0 unspecified atom stereocenters. The summed E-state index contributed by atoms with van der Waals surface area (Å²) in [7, 11) is 0. The molecule has 0 spiro atoms. The summed E-state index contributed by atoms with van der Waals surface area (Å²) in [5.41, 5.74) is 0. The van der Waals surface area contributed by atoms with Crippen LogP contribution in [0.3, 0.4) is 0 Å². The Kier molecular flexibility index (Phi) is 3.34. The van der Waals surface area contributed by atoms with E-state index in [0.29, 0.717) is 6.61 Å². The topological polar surface area (TPSA) is 23.5 Å². The van der Waals surface area contributed by atoms with Crippen molar-refractivity contribution in [2.45, 2.75) is 20.3 Å². The van der Waals surface area contributed by atoms with Crippen LogP contribution in [0.15, 0.2) is 0 Å². The van der Waals surface area contributed by atoms with Crippen molar-refractivity contribution in [3.05, 3.63) is 0 Å². The molecule has 2 heteroatoms. The van der Waals surface area contributed by atoms with Crippen molar-refractivity contribution in [2.24, 2.45) is 11.8 Å². The standard InChI is InChI=1S/C9H19NO/c1-8(2)9-3-4-10(7-9)5-6-11/h8-9,11H,3-7H2,1-2H3/t9-/m1/s1. The monoisotopic (exact) mass is 157 g/mol. The summed E-state index contributed by atoms with van der Waals surface area (Å²) in [4.78, 5) is 2.35. The van der Waals surface area contributed by atoms with E-state index < -0.39 is 0 Å². The smallest absolute Gasteiger partial charge is 0.0558 e. The number of aliphatic hydroxyl groups is 1. The first kappa shape index (κ1) is 9.01. The SMILES string of the molecule is CC(C)[C@@H]1CCN(CCO)C1. The zero-order valence-corrected chi connectivity index (χ0v) is 7.58. The minimum atomic E-state index is 0.310. The Labute approximate surface area is 69.2 Å². The van der Waals surface area contributed by atoms with E-state index in [0.717, 1.165) is 18.4 Å². The van der Waals surface area contributed by atoms with Crippen LogP contribution in [0.25, 0.3) is 0 Å². The molecule has 0 aromatic rings. The second kappa shape index (κ2) is 4.07. The van der Waals surface area contributed by atoms with Crippen molar-refractivity contribution < 1.29 is 5.11 Å². The van der Waals surface area contributed by atoms with Crippen LogP contribution in [0.5, 0.6) is 0 Å². The number of likely N-dealkylation sites (tertiary alicyclic amines) is 1. The van der Waals surface area contributed by atoms with Gasteiger partial charge < -0.3 is 10.0 Å². The molecule has 1 heterocycles. The van der Waals surface area contributed by atoms with Gasteiger partial charge in [-0.3, -0.25) is 0 Å². The highest BCUT2D eigenvalue weighted by Crippen LogP contribution is 2.22. The molecule has 1 aliphatic heterocycles. The van der Waals surface area contributed by atoms with Gasteiger partial charge in [0.15, 0.2) is 0 Å². The second-order valence-corrected chi connectivity index (χ2v) is 3.82. The van der Waals surface area contributed by atoms with E-state index in [2.05, 4.69) is 18.7 Å². The molecule has 1 saturated heterocycles. The molecule has 1 N–H and O–H groups in total. The third-order valence-electron chi connectivity index (χ3n) is 2.67. The van der Waals surface area contributed by atoms with Gasteiger partial charge in [0.2, 0.25) is 0 Å². The van der Waals surface area contributed by atoms with Gasteiger partial charge in [-0.15, -0.1) is 0 Å². The fraction of sp³-hybridized carbons (Fsp3) is 1.00. The molecular formula is C9H19NO. The van der Waals surface area contributed by atoms with Crippen molar-refractivity contribution >= 4 is 0 Å².